The first-order valence-corrected chi connectivity index (χ1v) is 10.8. The molecule has 11 nitrogen and oxygen atoms in total. The predicted molar refractivity (Wildman–Crippen MR) is 108 cm³/mol. The van der Waals surface area contributed by atoms with Crippen LogP contribution in [-0.2, 0) is 24.3 Å². The summed E-state index contributed by atoms with van der Waals surface area (Å²) >= 11 is 0. The van der Waals surface area contributed by atoms with Gasteiger partial charge in [0.25, 0.3) is 5.91 Å². The number of anilines is 1. The normalized spacial score (nSPS) is 15.0. The Hall–Kier alpha value is -3.35. The number of carbonyl (C=O) groups is 2. The average molecular weight is 445 g/mol. The van der Waals surface area contributed by atoms with Crippen molar-refractivity contribution in [3.05, 3.63) is 54.5 Å². The van der Waals surface area contributed by atoms with E-state index in [1.54, 1.807) is 10.5 Å². The van der Waals surface area contributed by atoms with Gasteiger partial charge in [0.05, 0.1) is 23.7 Å². The number of hydrogen-bond acceptors (Lipinski definition) is 8. The molecule has 1 aromatic carbocycles. The number of pyridine rings is 1. The molecule has 0 saturated carbocycles. The summed E-state index contributed by atoms with van der Waals surface area (Å²) in [5.74, 6) is -1.22. The molecule has 1 amide bonds. The number of amides is 1. The Labute approximate surface area is 177 Å². The first-order valence-electron chi connectivity index (χ1n) is 9.38. The van der Waals surface area contributed by atoms with Crippen molar-refractivity contribution >= 4 is 33.2 Å². The van der Waals surface area contributed by atoms with Crippen LogP contribution in [0.3, 0.4) is 0 Å². The van der Waals surface area contributed by atoms with E-state index in [9.17, 15) is 18.0 Å². The highest BCUT2D eigenvalue weighted by molar-refractivity contribution is 7.89. The third-order valence-corrected chi connectivity index (χ3v) is 6.52. The second-order valence-corrected chi connectivity index (χ2v) is 8.62. The molecule has 2 aromatic heterocycles. The van der Waals surface area contributed by atoms with Crippen molar-refractivity contribution in [2.24, 2.45) is 0 Å². The van der Waals surface area contributed by atoms with E-state index in [0.717, 1.165) is 0 Å². The molecule has 3 heterocycles. The smallest absolute Gasteiger partial charge is 0.340 e. The summed E-state index contributed by atoms with van der Waals surface area (Å²) in [6.07, 6.45) is 2.95. The molecule has 0 unspecified atom stereocenters. The van der Waals surface area contributed by atoms with E-state index in [0.29, 0.717) is 37.6 Å². The Morgan fingerprint density at radius 3 is 2.58 bits per heavy atom. The number of fused-ring (bicyclic) bond motifs is 1. The fraction of sp³-hybridized carbons (Fsp3) is 0.263. The molecule has 4 rings (SSSR count). The Morgan fingerprint density at radius 1 is 1.10 bits per heavy atom. The minimum Gasteiger partial charge on any atom is -0.452 e. The maximum atomic E-state index is 12.6. The topological polar surface area (TPSA) is 132 Å². The van der Waals surface area contributed by atoms with Crippen molar-refractivity contribution in [3.8, 4) is 0 Å². The van der Waals surface area contributed by atoms with Gasteiger partial charge in [-0.2, -0.15) is 4.31 Å². The standard InChI is InChI=1S/C19H19N5O6S/c25-18(12-30-19(26)14-1-6-17-22-20-13-23(17)11-14)21-15-2-4-16(5-3-15)31(27,28)24-7-9-29-10-8-24/h1-6,11,13H,7-10,12H2,(H,21,25). The summed E-state index contributed by atoms with van der Waals surface area (Å²) in [4.78, 5) is 24.4. The lowest BCUT2D eigenvalue weighted by Gasteiger charge is -2.26. The number of hydrogen-bond donors (Lipinski definition) is 1. The number of ether oxygens (including phenoxy) is 2. The lowest BCUT2D eigenvalue weighted by molar-refractivity contribution is -0.119. The first kappa shape index (κ1) is 20.9. The minimum atomic E-state index is -3.61. The van der Waals surface area contributed by atoms with Crippen LogP contribution in [0.15, 0.2) is 53.8 Å². The lowest BCUT2D eigenvalue weighted by atomic mass is 10.3. The van der Waals surface area contributed by atoms with Crippen molar-refractivity contribution < 1.29 is 27.5 Å². The zero-order chi connectivity index (χ0) is 21.8. The zero-order valence-electron chi connectivity index (χ0n) is 16.3. The zero-order valence-corrected chi connectivity index (χ0v) is 17.1. The SMILES string of the molecule is O=C(COC(=O)c1ccc2nncn2c1)Nc1ccc(S(=O)(=O)N2CCOCC2)cc1. The molecule has 1 aliphatic heterocycles. The van der Waals surface area contributed by atoms with E-state index in [1.165, 1.54) is 47.2 Å². The second kappa shape index (κ2) is 8.79. The van der Waals surface area contributed by atoms with Crippen molar-refractivity contribution in [2.75, 3.05) is 38.2 Å². The van der Waals surface area contributed by atoms with E-state index >= 15 is 0 Å². The molecule has 0 atom stereocenters. The van der Waals surface area contributed by atoms with Gasteiger partial charge in [0, 0.05) is 25.0 Å². The molecule has 1 saturated heterocycles. The Morgan fingerprint density at radius 2 is 1.84 bits per heavy atom. The molecule has 1 N–H and O–H groups in total. The molecule has 0 aliphatic carbocycles. The fourth-order valence-corrected chi connectivity index (χ4v) is 4.41. The van der Waals surface area contributed by atoms with Crippen molar-refractivity contribution in [3.63, 3.8) is 0 Å². The number of nitrogens with zero attached hydrogens (tertiary/aromatic N) is 4. The summed E-state index contributed by atoms with van der Waals surface area (Å²) < 4.78 is 38.4. The number of sulfonamides is 1. The minimum absolute atomic E-state index is 0.128. The number of benzene rings is 1. The average Bonchev–Trinajstić information content (AvgIpc) is 3.26. The largest absolute Gasteiger partial charge is 0.452 e. The Bertz CT molecular complexity index is 1200. The molecule has 31 heavy (non-hydrogen) atoms. The molecule has 0 radical (unpaired) electrons. The van der Waals surface area contributed by atoms with Crippen LogP contribution in [0.4, 0.5) is 5.69 Å². The lowest BCUT2D eigenvalue weighted by Crippen LogP contribution is -2.40. The van der Waals surface area contributed by atoms with Crippen molar-refractivity contribution in [1.29, 1.82) is 0 Å². The monoisotopic (exact) mass is 445 g/mol. The fourth-order valence-electron chi connectivity index (χ4n) is 3.01. The highest BCUT2D eigenvalue weighted by Gasteiger charge is 2.26. The number of morpholine rings is 1. The van der Waals surface area contributed by atoms with Crippen LogP contribution in [0.5, 0.6) is 0 Å². The molecular formula is C19H19N5O6S. The number of aromatic nitrogens is 3. The van der Waals surface area contributed by atoms with Crippen LogP contribution in [0.2, 0.25) is 0 Å². The molecule has 12 heteroatoms. The van der Waals surface area contributed by atoms with Crippen LogP contribution in [0.25, 0.3) is 5.65 Å². The highest BCUT2D eigenvalue weighted by atomic mass is 32.2. The molecule has 1 fully saturated rings. The maximum absolute atomic E-state index is 12.6. The molecule has 1 aliphatic rings. The Balaban J connectivity index is 1.32. The number of esters is 1. The van der Waals surface area contributed by atoms with E-state index in [-0.39, 0.29) is 10.5 Å². The van der Waals surface area contributed by atoms with Gasteiger partial charge in [-0.3, -0.25) is 9.20 Å². The molecular weight excluding hydrogens is 426 g/mol. The van der Waals surface area contributed by atoms with Crippen LogP contribution in [0.1, 0.15) is 10.4 Å². The summed E-state index contributed by atoms with van der Waals surface area (Å²) in [5, 5.41) is 10.1. The molecule has 3 aromatic rings. The van der Waals surface area contributed by atoms with E-state index in [1.807, 2.05) is 0 Å². The van der Waals surface area contributed by atoms with Crippen molar-refractivity contribution in [2.45, 2.75) is 4.90 Å². The second-order valence-electron chi connectivity index (χ2n) is 6.68. The number of nitrogens with one attached hydrogen (secondary N) is 1. The summed E-state index contributed by atoms with van der Waals surface area (Å²) in [7, 11) is -3.61. The van der Waals surface area contributed by atoms with Crippen LogP contribution >= 0.6 is 0 Å². The van der Waals surface area contributed by atoms with Gasteiger partial charge < -0.3 is 14.8 Å². The third-order valence-electron chi connectivity index (χ3n) is 4.61. The van der Waals surface area contributed by atoms with Crippen LogP contribution in [-0.4, -0.2) is 72.1 Å². The number of rotatable bonds is 6. The summed E-state index contributed by atoms with van der Waals surface area (Å²) in [5.41, 5.74) is 1.21. The van der Waals surface area contributed by atoms with Crippen molar-refractivity contribution in [1.82, 2.24) is 18.9 Å². The predicted octanol–water partition coefficient (Wildman–Crippen LogP) is 0.546. The summed E-state index contributed by atoms with van der Waals surface area (Å²) in [6.45, 7) is 0.832. The molecule has 162 valence electrons. The molecule has 0 spiro atoms. The van der Waals surface area contributed by atoms with Gasteiger partial charge in [-0.1, -0.05) is 0 Å². The molecule has 0 bridgehead atoms. The van der Waals surface area contributed by atoms with Gasteiger partial charge in [0.1, 0.15) is 6.33 Å². The van der Waals surface area contributed by atoms with E-state index < -0.39 is 28.5 Å². The van der Waals surface area contributed by atoms with Gasteiger partial charge in [0.2, 0.25) is 10.0 Å². The van der Waals surface area contributed by atoms with E-state index in [2.05, 4.69) is 15.5 Å². The van der Waals surface area contributed by atoms with Crippen LogP contribution < -0.4 is 5.32 Å². The first-order chi connectivity index (χ1) is 14.9. The Kier molecular flexibility index (Phi) is 5.93. The van der Waals surface area contributed by atoms with Gasteiger partial charge in [-0.25, -0.2) is 13.2 Å². The van der Waals surface area contributed by atoms with E-state index in [4.69, 9.17) is 9.47 Å². The van der Waals surface area contributed by atoms with Gasteiger partial charge >= 0.3 is 5.97 Å². The third kappa shape index (κ3) is 4.71. The van der Waals surface area contributed by atoms with Gasteiger partial charge in [0.15, 0.2) is 12.3 Å². The van der Waals surface area contributed by atoms with Gasteiger partial charge in [-0.05, 0) is 36.4 Å². The van der Waals surface area contributed by atoms with Crippen LogP contribution in [0, 0.1) is 0 Å². The quantitative estimate of drug-likeness (QED) is 0.544. The highest BCUT2D eigenvalue weighted by Crippen LogP contribution is 2.19. The number of carbonyl (C=O) groups excluding carboxylic acids is 2. The maximum Gasteiger partial charge on any atom is 0.340 e. The van der Waals surface area contributed by atoms with Gasteiger partial charge in [-0.15, -0.1) is 10.2 Å². The summed E-state index contributed by atoms with van der Waals surface area (Å²) in [6, 6.07) is 8.93.